The Morgan fingerprint density at radius 3 is 2.06 bits per heavy atom. The number of imidazole rings is 1. The average Bonchev–Trinajstić information content (AvgIpc) is 3.91. The molecule has 68 heavy (non-hydrogen) atoms. The van der Waals surface area contributed by atoms with Crippen molar-refractivity contribution in [2.45, 2.75) is 78.1 Å². The summed E-state index contributed by atoms with van der Waals surface area (Å²) in [5.74, 6) is 1.17. The Kier molecular flexibility index (Phi) is 11.3. The zero-order valence-electron chi connectivity index (χ0n) is 39.6. The molecule has 3 heterocycles. The van der Waals surface area contributed by atoms with Gasteiger partial charge in [-0.1, -0.05) is 157 Å². The van der Waals surface area contributed by atoms with Crippen molar-refractivity contribution in [2.75, 3.05) is 0 Å². The standard InChI is InChI=1S/C45H35N2O.C17H17FN.Ir/c1-27(2)36-24-32(29-13-6-5-7-14-29)25-37(28(3)4)43(36)47-41-20-11-10-19-40(41)46-45(47)35-18-12-17-34-39-23-31-22-21-30-15-8-9-16-33(30)38(31)26-42(39)48-44(34)35;1-16(2)13-6-5-9-19-15(13)12-8-7-11(18)10-14(12)17(16,3)4;/h5-17,19-28H,1-4H3;5-7,9-10H,1-4H3;/q2*-1;. The smallest absolute Gasteiger partial charge is 0.121 e. The van der Waals surface area contributed by atoms with Crippen LogP contribution in [-0.2, 0) is 30.9 Å². The van der Waals surface area contributed by atoms with Crippen LogP contribution in [0, 0.1) is 17.9 Å². The van der Waals surface area contributed by atoms with Crippen molar-refractivity contribution in [3.05, 3.63) is 198 Å². The van der Waals surface area contributed by atoms with Crippen molar-refractivity contribution in [1.29, 1.82) is 0 Å². The van der Waals surface area contributed by atoms with Crippen LogP contribution in [0.2, 0.25) is 0 Å². The Labute approximate surface area is 411 Å². The number of pyridine rings is 1. The average molecular weight is 1070 g/mol. The molecule has 339 valence electrons. The molecule has 4 nitrogen and oxygen atoms in total. The minimum absolute atomic E-state index is 0. The van der Waals surface area contributed by atoms with Crippen LogP contribution in [-0.4, -0.2) is 14.5 Å². The Hall–Kier alpha value is -6.72. The molecule has 0 spiro atoms. The number of rotatable bonds is 5. The normalized spacial score (nSPS) is 13.8. The second kappa shape index (κ2) is 17.1. The summed E-state index contributed by atoms with van der Waals surface area (Å²) >= 11 is 0. The molecular formula is C62H52FIrN3O-2. The van der Waals surface area contributed by atoms with Gasteiger partial charge in [0.2, 0.25) is 0 Å². The quantitative estimate of drug-likeness (QED) is 0.127. The predicted molar refractivity (Wildman–Crippen MR) is 276 cm³/mol. The van der Waals surface area contributed by atoms with E-state index in [9.17, 15) is 4.39 Å². The van der Waals surface area contributed by atoms with E-state index in [0.29, 0.717) is 0 Å². The summed E-state index contributed by atoms with van der Waals surface area (Å²) in [6.07, 6.45) is 1.79. The SMILES string of the molecule is CC(C)c1cc(-c2ccccc2)cc(C(C)C)c1-n1c(-c2[c-]ccc3c2oc2cc4c(ccc5ccccc54)cc23)nc2ccccc21.CC1(C)c2cc(F)c[c-]c2-c2ncccc2C1(C)C.[Ir]. The predicted octanol–water partition coefficient (Wildman–Crippen LogP) is 16.9. The molecule has 3 aromatic heterocycles. The van der Waals surface area contributed by atoms with Crippen LogP contribution >= 0.6 is 0 Å². The molecule has 0 saturated carbocycles. The van der Waals surface area contributed by atoms with Gasteiger partial charge in [0.15, 0.2) is 0 Å². The van der Waals surface area contributed by atoms with Gasteiger partial charge >= 0.3 is 0 Å². The van der Waals surface area contributed by atoms with Crippen molar-refractivity contribution in [3.8, 4) is 39.5 Å². The number of aromatic nitrogens is 3. The van der Waals surface area contributed by atoms with Gasteiger partial charge in [-0.15, -0.1) is 47.5 Å². The van der Waals surface area contributed by atoms with E-state index in [-0.39, 0.29) is 48.6 Å². The molecule has 0 fully saturated rings. The molecule has 0 bridgehead atoms. The van der Waals surface area contributed by atoms with E-state index in [4.69, 9.17) is 9.40 Å². The van der Waals surface area contributed by atoms with E-state index < -0.39 is 0 Å². The molecule has 0 amide bonds. The first kappa shape index (κ1) is 45.1. The van der Waals surface area contributed by atoms with E-state index in [1.54, 1.807) is 12.3 Å². The molecule has 0 unspecified atom stereocenters. The summed E-state index contributed by atoms with van der Waals surface area (Å²) in [6.45, 7) is 17.9. The van der Waals surface area contributed by atoms with Crippen LogP contribution in [0.1, 0.15) is 89.5 Å². The maximum atomic E-state index is 13.6. The largest absolute Gasteiger partial charge is 0.501 e. The Balaban J connectivity index is 0.000000226. The summed E-state index contributed by atoms with van der Waals surface area (Å²) in [6, 6.07) is 59.3. The first-order valence-corrected chi connectivity index (χ1v) is 23.4. The minimum Gasteiger partial charge on any atom is -0.501 e. The second-order valence-electron chi connectivity index (χ2n) is 19.7. The third kappa shape index (κ3) is 7.20. The molecule has 1 aliphatic rings. The van der Waals surface area contributed by atoms with E-state index >= 15 is 0 Å². The van der Waals surface area contributed by atoms with Gasteiger partial charge in [0, 0.05) is 43.2 Å². The molecular weight excluding hydrogens is 1010 g/mol. The van der Waals surface area contributed by atoms with Crippen molar-refractivity contribution in [2.24, 2.45) is 0 Å². The van der Waals surface area contributed by atoms with Gasteiger partial charge in [0.1, 0.15) is 5.58 Å². The van der Waals surface area contributed by atoms with Gasteiger partial charge in [0.25, 0.3) is 0 Å². The van der Waals surface area contributed by atoms with Crippen LogP contribution in [0.15, 0.2) is 162 Å². The van der Waals surface area contributed by atoms with Crippen molar-refractivity contribution >= 4 is 54.5 Å². The molecule has 0 aliphatic heterocycles. The number of halogens is 1. The molecule has 1 radical (unpaired) electrons. The summed E-state index contributed by atoms with van der Waals surface area (Å²) < 4.78 is 22.8. The number of hydrogen-bond acceptors (Lipinski definition) is 3. The first-order valence-electron chi connectivity index (χ1n) is 23.4. The monoisotopic (exact) mass is 1070 g/mol. The van der Waals surface area contributed by atoms with Crippen LogP contribution in [0.5, 0.6) is 0 Å². The molecule has 6 heteroatoms. The Bertz CT molecular complexity index is 3700. The number of nitrogens with zero attached hydrogens (tertiary/aromatic N) is 3. The summed E-state index contributed by atoms with van der Waals surface area (Å²) in [7, 11) is 0. The maximum absolute atomic E-state index is 13.6. The van der Waals surface area contributed by atoms with E-state index in [0.717, 1.165) is 61.2 Å². The molecule has 11 aromatic rings. The third-order valence-corrected chi connectivity index (χ3v) is 14.7. The second-order valence-corrected chi connectivity index (χ2v) is 19.7. The Morgan fingerprint density at radius 2 is 1.29 bits per heavy atom. The van der Waals surface area contributed by atoms with Gasteiger partial charge in [0.05, 0.1) is 22.4 Å². The first-order chi connectivity index (χ1) is 32.3. The van der Waals surface area contributed by atoms with Gasteiger partial charge in [-0.25, -0.2) is 0 Å². The van der Waals surface area contributed by atoms with Gasteiger partial charge in [-0.2, -0.15) is 0 Å². The van der Waals surface area contributed by atoms with Crippen LogP contribution in [0.3, 0.4) is 0 Å². The van der Waals surface area contributed by atoms with Crippen molar-refractivity contribution in [1.82, 2.24) is 14.5 Å². The fourth-order valence-corrected chi connectivity index (χ4v) is 10.4. The molecule has 8 aromatic carbocycles. The zero-order valence-corrected chi connectivity index (χ0v) is 42.0. The fraction of sp³-hybridized carbons (Fsp3) is 0.194. The molecule has 1 aliphatic carbocycles. The van der Waals surface area contributed by atoms with Gasteiger partial charge in [-0.05, 0) is 115 Å². The third-order valence-electron chi connectivity index (χ3n) is 14.7. The zero-order chi connectivity index (χ0) is 46.4. The van der Waals surface area contributed by atoms with E-state index in [2.05, 4.69) is 204 Å². The van der Waals surface area contributed by atoms with Crippen molar-refractivity contribution < 1.29 is 28.9 Å². The summed E-state index contributed by atoms with van der Waals surface area (Å²) in [5.41, 5.74) is 14.6. The number of hydrogen-bond donors (Lipinski definition) is 0. The number of furan rings is 1. The molecule has 0 N–H and O–H groups in total. The summed E-state index contributed by atoms with van der Waals surface area (Å²) in [5, 5.41) is 7.02. The number of benzene rings is 8. The summed E-state index contributed by atoms with van der Waals surface area (Å²) in [4.78, 5) is 9.83. The minimum atomic E-state index is -0.234. The van der Waals surface area contributed by atoms with Crippen LogP contribution in [0.4, 0.5) is 4.39 Å². The fourth-order valence-electron chi connectivity index (χ4n) is 10.4. The number of para-hydroxylation sites is 2. The Morgan fingerprint density at radius 1 is 0.603 bits per heavy atom. The van der Waals surface area contributed by atoms with Crippen molar-refractivity contribution in [3.63, 3.8) is 0 Å². The van der Waals surface area contributed by atoms with Gasteiger partial charge in [-0.3, -0.25) is 9.37 Å². The molecule has 0 saturated heterocycles. The van der Waals surface area contributed by atoms with E-state index in [1.165, 1.54) is 61.1 Å². The van der Waals surface area contributed by atoms with E-state index in [1.807, 2.05) is 12.1 Å². The van der Waals surface area contributed by atoms with Gasteiger partial charge < -0.3 is 14.0 Å². The topological polar surface area (TPSA) is 43.9 Å². The number of fused-ring (bicyclic) bond motifs is 10. The maximum Gasteiger partial charge on any atom is 0.121 e. The van der Waals surface area contributed by atoms with Crippen LogP contribution in [0.25, 0.3) is 94.0 Å². The van der Waals surface area contributed by atoms with Crippen LogP contribution < -0.4 is 0 Å². The molecule has 12 rings (SSSR count). The molecule has 0 atom stereocenters.